The number of hydrogen-bond donors (Lipinski definition) is 3. The summed E-state index contributed by atoms with van der Waals surface area (Å²) in [6, 6.07) is 7.19. The highest BCUT2D eigenvalue weighted by Gasteiger charge is 2.24. The zero-order chi connectivity index (χ0) is 16.9. The molecule has 7 heteroatoms. The molecule has 0 saturated carbocycles. The van der Waals surface area contributed by atoms with Gasteiger partial charge in [0.25, 0.3) is 0 Å². The molecule has 2 rings (SSSR count). The number of rotatable bonds is 6. The molecule has 2 amide bonds. The highest BCUT2D eigenvalue weighted by molar-refractivity contribution is 7.10. The van der Waals surface area contributed by atoms with Crippen LogP contribution in [0.1, 0.15) is 17.4 Å². The molecule has 124 valence electrons. The van der Waals surface area contributed by atoms with Gasteiger partial charge in [-0.15, -0.1) is 11.3 Å². The predicted octanol–water partition coefficient (Wildman–Crippen LogP) is 1.92. The summed E-state index contributed by atoms with van der Waals surface area (Å²) in [7, 11) is 3.83. The summed E-state index contributed by atoms with van der Waals surface area (Å²) >= 11 is 1.46. The molecule has 0 saturated heterocycles. The van der Waals surface area contributed by atoms with Gasteiger partial charge in [-0.2, -0.15) is 0 Å². The van der Waals surface area contributed by atoms with E-state index >= 15 is 0 Å². The number of aliphatic hydroxyl groups is 1. The topological polar surface area (TPSA) is 77.5 Å². The van der Waals surface area contributed by atoms with E-state index in [2.05, 4.69) is 15.6 Å². The Morgan fingerprint density at radius 3 is 2.83 bits per heavy atom. The van der Waals surface area contributed by atoms with E-state index in [0.29, 0.717) is 6.54 Å². The molecule has 0 aromatic carbocycles. The molecule has 0 aliphatic rings. The number of nitrogens with one attached hydrogen (secondary N) is 2. The van der Waals surface area contributed by atoms with Crippen molar-refractivity contribution in [3.63, 3.8) is 0 Å². The normalized spacial score (nSPS) is 13.2. The van der Waals surface area contributed by atoms with Crippen molar-refractivity contribution >= 4 is 23.2 Å². The molecule has 6 nitrogen and oxygen atoms in total. The van der Waals surface area contributed by atoms with Crippen LogP contribution in [0.5, 0.6) is 0 Å². The molecule has 0 fully saturated rings. The quantitative estimate of drug-likeness (QED) is 0.754. The average molecular weight is 334 g/mol. The van der Waals surface area contributed by atoms with Gasteiger partial charge in [-0.3, -0.25) is 0 Å². The summed E-state index contributed by atoms with van der Waals surface area (Å²) in [4.78, 5) is 18.9. The lowest BCUT2D eigenvalue weighted by Gasteiger charge is -2.22. The number of pyridine rings is 1. The van der Waals surface area contributed by atoms with E-state index in [9.17, 15) is 9.90 Å². The van der Waals surface area contributed by atoms with Gasteiger partial charge >= 0.3 is 6.03 Å². The molecular weight excluding hydrogens is 312 g/mol. The number of hydrogen-bond acceptors (Lipinski definition) is 5. The molecule has 2 aromatic rings. The first-order chi connectivity index (χ1) is 10.9. The molecule has 2 heterocycles. The summed E-state index contributed by atoms with van der Waals surface area (Å²) in [5.74, 6) is 0.838. The Kier molecular flexibility index (Phi) is 5.57. The third kappa shape index (κ3) is 4.94. The number of anilines is 1. The maximum Gasteiger partial charge on any atom is 0.315 e. The largest absolute Gasteiger partial charge is 0.383 e. The molecule has 1 atom stereocenters. The lowest BCUT2D eigenvalue weighted by molar-refractivity contribution is 0.0631. The Bertz CT molecular complexity index is 641. The van der Waals surface area contributed by atoms with Crippen LogP contribution in [0.15, 0.2) is 35.8 Å². The fourth-order valence-corrected chi connectivity index (χ4v) is 2.77. The van der Waals surface area contributed by atoms with Gasteiger partial charge in [-0.25, -0.2) is 9.78 Å². The molecule has 0 bridgehead atoms. The zero-order valence-corrected chi connectivity index (χ0v) is 14.4. The standard InChI is InChI=1S/C16H22N4O2S/c1-16(22,13-5-4-8-23-13)11-19-15(21)18-10-12-6-7-17-14(9-12)20(2)3/h4-9,22H,10-11H2,1-3H3,(H2,18,19,21). The Morgan fingerprint density at radius 2 is 2.17 bits per heavy atom. The Hall–Kier alpha value is -2.12. The van der Waals surface area contributed by atoms with E-state index in [1.54, 1.807) is 13.1 Å². The van der Waals surface area contributed by atoms with E-state index in [-0.39, 0.29) is 12.6 Å². The second kappa shape index (κ2) is 7.43. The summed E-state index contributed by atoms with van der Waals surface area (Å²) < 4.78 is 0. The molecule has 2 aromatic heterocycles. The first-order valence-electron chi connectivity index (χ1n) is 7.29. The first-order valence-corrected chi connectivity index (χ1v) is 8.17. The number of amides is 2. The molecule has 1 unspecified atom stereocenters. The summed E-state index contributed by atoms with van der Waals surface area (Å²) in [6.07, 6.45) is 1.71. The predicted molar refractivity (Wildman–Crippen MR) is 92.7 cm³/mol. The molecular formula is C16H22N4O2S. The van der Waals surface area contributed by atoms with Crippen molar-refractivity contribution in [2.24, 2.45) is 0 Å². The lowest BCUT2D eigenvalue weighted by Crippen LogP contribution is -2.42. The Balaban J connectivity index is 1.82. The number of nitrogens with zero attached hydrogens (tertiary/aromatic N) is 2. The van der Waals surface area contributed by atoms with Gasteiger partial charge in [0.15, 0.2) is 0 Å². The lowest BCUT2D eigenvalue weighted by atomic mass is 10.1. The van der Waals surface area contributed by atoms with E-state index in [1.165, 1.54) is 11.3 Å². The third-order valence-electron chi connectivity index (χ3n) is 3.37. The van der Waals surface area contributed by atoms with Crippen molar-refractivity contribution in [2.45, 2.75) is 19.1 Å². The maximum atomic E-state index is 11.9. The fourth-order valence-electron chi connectivity index (χ4n) is 1.98. The van der Waals surface area contributed by atoms with Crippen LogP contribution in [0.2, 0.25) is 0 Å². The van der Waals surface area contributed by atoms with Crippen molar-refractivity contribution in [2.75, 3.05) is 25.5 Å². The molecule has 23 heavy (non-hydrogen) atoms. The highest BCUT2D eigenvalue weighted by Crippen LogP contribution is 2.24. The van der Waals surface area contributed by atoms with E-state index in [0.717, 1.165) is 16.3 Å². The fraction of sp³-hybridized carbons (Fsp3) is 0.375. The van der Waals surface area contributed by atoms with Gasteiger partial charge in [0.2, 0.25) is 0 Å². The third-order valence-corrected chi connectivity index (χ3v) is 4.49. The molecule has 0 radical (unpaired) electrons. The summed E-state index contributed by atoms with van der Waals surface area (Å²) in [5, 5.41) is 17.7. The van der Waals surface area contributed by atoms with Crippen LogP contribution in [0, 0.1) is 0 Å². The van der Waals surface area contributed by atoms with Gasteiger partial charge in [0, 0.05) is 31.7 Å². The number of carbonyl (C=O) groups is 1. The molecule has 0 spiro atoms. The number of urea groups is 1. The molecule has 3 N–H and O–H groups in total. The van der Waals surface area contributed by atoms with E-state index in [4.69, 9.17) is 0 Å². The minimum absolute atomic E-state index is 0.151. The van der Waals surface area contributed by atoms with Crippen molar-refractivity contribution in [3.8, 4) is 0 Å². The second-order valence-electron chi connectivity index (χ2n) is 5.70. The van der Waals surface area contributed by atoms with Crippen LogP contribution < -0.4 is 15.5 Å². The van der Waals surface area contributed by atoms with Crippen LogP contribution >= 0.6 is 11.3 Å². The monoisotopic (exact) mass is 334 g/mol. The van der Waals surface area contributed by atoms with Gasteiger partial charge in [-0.1, -0.05) is 6.07 Å². The van der Waals surface area contributed by atoms with Crippen LogP contribution in [-0.2, 0) is 12.1 Å². The van der Waals surface area contributed by atoms with Crippen LogP contribution in [0.3, 0.4) is 0 Å². The van der Waals surface area contributed by atoms with Gasteiger partial charge in [-0.05, 0) is 36.1 Å². The number of carbonyl (C=O) groups excluding carboxylic acids is 1. The minimum Gasteiger partial charge on any atom is -0.383 e. The zero-order valence-electron chi connectivity index (χ0n) is 13.5. The smallest absolute Gasteiger partial charge is 0.315 e. The average Bonchev–Trinajstić information content (AvgIpc) is 3.06. The van der Waals surface area contributed by atoms with Gasteiger partial charge in [0.1, 0.15) is 11.4 Å². The van der Waals surface area contributed by atoms with Crippen LogP contribution in [0.25, 0.3) is 0 Å². The van der Waals surface area contributed by atoms with Crippen molar-refractivity contribution < 1.29 is 9.90 Å². The summed E-state index contributed by atoms with van der Waals surface area (Å²) in [6.45, 7) is 2.24. The second-order valence-corrected chi connectivity index (χ2v) is 6.65. The van der Waals surface area contributed by atoms with Gasteiger partial charge in [0.05, 0.1) is 6.54 Å². The SMILES string of the molecule is CN(C)c1cc(CNC(=O)NCC(C)(O)c2cccs2)ccn1. The Morgan fingerprint density at radius 1 is 1.39 bits per heavy atom. The molecule has 0 aliphatic carbocycles. The molecule has 0 aliphatic heterocycles. The highest BCUT2D eigenvalue weighted by atomic mass is 32.1. The minimum atomic E-state index is -1.07. The maximum absolute atomic E-state index is 11.9. The number of aromatic nitrogens is 1. The van der Waals surface area contributed by atoms with Crippen LogP contribution in [0.4, 0.5) is 10.6 Å². The van der Waals surface area contributed by atoms with Crippen molar-refractivity contribution in [3.05, 3.63) is 46.3 Å². The van der Waals surface area contributed by atoms with Crippen LogP contribution in [-0.4, -0.2) is 36.8 Å². The first kappa shape index (κ1) is 17.2. The summed E-state index contributed by atoms with van der Waals surface area (Å²) in [5.41, 5.74) is -0.107. The van der Waals surface area contributed by atoms with Crippen molar-refractivity contribution in [1.82, 2.24) is 15.6 Å². The van der Waals surface area contributed by atoms with E-state index in [1.807, 2.05) is 48.6 Å². The number of thiophene rings is 1. The van der Waals surface area contributed by atoms with Crippen molar-refractivity contribution in [1.29, 1.82) is 0 Å². The Labute approximate surface area is 140 Å². The van der Waals surface area contributed by atoms with Gasteiger partial charge < -0.3 is 20.6 Å². The van der Waals surface area contributed by atoms with E-state index < -0.39 is 5.60 Å².